The first-order valence-electron chi connectivity index (χ1n) is 6.73. The van der Waals surface area contributed by atoms with Crippen LogP contribution in [0.4, 0.5) is 4.79 Å². The highest BCUT2D eigenvalue weighted by Gasteiger charge is 2.24. The number of hydrogen-bond donors (Lipinski definition) is 2. The van der Waals surface area contributed by atoms with Crippen molar-refractivity contribution in [1.82, 2.24) is 10.3 Å². The number of carboxylic acids is 1. The van der Waals surface area contributed by atoms with E-state index in [1.807, 2.05) is 13.8 Å². The summed E-state index contributed by atoms with van der Waals surface area (Å²) in [4.78, 5) is 27.2. The molecule has 0 fully saturated rings. The molecule has 0 spiro atoms. The van der Waals surface area contributed by atoms with Gasteiger partial charge in [0.1, 0.15) is 11.6 Å². The van der Waals surface area contributed by atoms with Gasteiger partial charge in [0, 0.05) is 17.8 Å². The van der Waals surface area contributed by atoms with Gasteiger partial charge in [-0.25, -0.2) is 9.59 Å². The Labute approximate surface area is 124 Å². The fourth-order valence-electron chi connectivity index (χ4n) is 1.92. The summed E-state index contributed by atoms with van der Waals surface area (Å²) in [6.45, 7) is 8.84. The van der Waals surface area contributed by atoms with Crippen LogP contribution in [0.2, 0.25) is 0 Å². The summed E-state index contributed by atoms with van der Waals surface area (Å²) in [6, 6.07) is 2.57. The molecule has 0 bridgehead atoms. The highest BCUT2D eigenvalue weighted by Crippen LogP contribution is 2.10. The standard InChI is InChI=1S/C15H22N2O4/c1-9-6-11(7-10(2)16-9)8-12(13(18)19)17-14(20)21-15(3,4)5/h6-7,12H,8H2,1-5H3,(H,17,20)(H,18,19)/t12-/m0/s1. The van der Waals surface area contributed by atoms with Crippen LogP contribution in [0.15, 0.2) is 12.1 Å². The Morgan fingerprint density at radius 2 is 1.81 bits per heavy atom. The summed E-state index contributed by atoms with van der Waals surface area (Å²) in [7, 11) is 0. The molecular formula is C15H22N2O4. The summed E-state index contributed by atoms with van der Waals surface area (Å²) in [6.07, 6.45) is -0.559. The van der Waals surface area contributed by atoms with Crippen molar-refractivity contribution in [2.75, 3.05) is 0 Å². The Balaban J connectivity index is 2.78. The van der Waals surface area contributed by atoms with E-state index >= 15 is 0 Å². The number of aliphatic carboxylic acids is 1. The number of carbonyl (C=O) groups excluding carboxylic acids is 1. The van der Waals surface area contributed by atoms with Crippen LogP contribution in [-0.2, 0) is 16.0 Å². The van der Waals surface area contributed by atoms with Crippen molar-refractivity contribution < 1.29 is 19.4 Å². The molecule has 0 aliphatic rings. The number of nitrogens with zero attached hydrogens (tertiary/aromatic N) is 1. The van der Waals surface area contributed by atoms with E-state index in [1.54, 1.807) is 32.9 Å². The van der Waals surface area contributed by atoms with Crippen LogP contribution in [-0.4, -0.2) is 33.8 Å². The monoisotopic (exact) mass is 294 g/mol. The van der Waals surface area contributed by atoms with E-state index in [9.17, 15) is 14.7 Å². The molecule has 1 atom stereocenters. The lowest BCUT2D eigenvalue weighted by molar-refractivity contribution is -0.139. The second-order valence-corrected chi connectivity index (χ2v) is 6.00. The molecule has 21 heavy (non-hydrogen) atoms. The molecule has 0 radical (unpaired) electrons. The molecule has 0 aliphatic heterocycles. The van der Waals surface area contributed by atoms with Crippen LogP contribution in [0, 0.1) is 13.8 Å². The molecule has 6 heteroatoms. The predicted octanol–water partition coefficient (Wildman–Crippen LogP) is 2.22. The third kappa shape index (κ3) is 6.25. The van der Waals surface area contributed by atoms with Gasteiger partial charge in [0.15, 0.2) is 0 Å². The first kappa shape index (κ1) is 16.9. The van der Waals surface area contributed by atoms with E-state index in [1.165, 1.54) is 0 Å². The molecule has 116 valence electrons. The van der Waals surface area contributed by atoms with Crippen LogP contribution in [0.5, 0.6) is 0 Å². The molecule has 0 saturated heterocycles. The number of hydrogen-bond acceptors (Lipinski definition) is 4. The number of nitrogens with one attached hydrogen (secondary N) is 1. The van der Waals surface area contributed by atoms with Gasteiger partial charge >= 0.3 is 12.1 Å². The second-order valence-electron chi connectivity index (χ2n) is 6.00. The minimum Gasteiger partial charge on any atom is -0.480 e. The third-order valence-corrected chi connectivity index (χ3v) is 2.57. The average molecular weight is 294 g/mol. The minimum absolute atomic E-state index is 0.179. The number of carboxylic acid groups (broad SMARTS) is 1. The van der Waals surface area contributed by atoms with Crippen molar-refractivity contribution in [3.05, 3.63) is 29.1 Å². The summed E-state index contributed by atoms with van der Waals surface area (Å²) in [5.74, 6) is -1.10. The fourth-order valence-corrected chi connectivity index (χ4v) is 1.92. The van der Waals surface area contributed by atoms with Crippen molar-refractivity contribution in [2.45, 2.75) is 52.7 Å². The summed E-state index contributed by atoms with van der Waals surface area (Å²) < 4.78 is 5.08. The lowest BCUT2D eigenvalue weighted by Crippen LogP contribution is -2.44. The summed E-state index contributed by atoms with van der Waals surface area (Å²) >= 11 is 0. The number of carbonyl (C=O) groups is 2. The van der Waals surface area contributed by atoms with E-state index in [-0.39, 0.29) is 6.42 Å². The average Bonchev–Trinajstić information content (AvgIpc) is 2.23. The number of ether oxygens (including phenoxy) is 1. The molecule has 0 aliphatic carbocycles. The van der Waals surface area contributed by atoms with Crippen molar-refractivity contribution in [3.63, 3.8) is 0 Å². The zero-order valence-corrected chi connectivity index (χ0v) is 13.1. The van der Waals surface area contributed by atoms with Gasteiger partial charge in [-0.1, -0.05) is 0 Å². The topological polar surface area (TPSA) is 88.5 Å². The number of aromatic nitrogens is 1. The van der Waals surface area contributed by atoms with Gasteiger partial charge in [-0.05, 0) is 52.3 Å². The predicted molar refractivity (Wildman–Crippen MR) is 78.2 cm³/mol. The first-order chi connectivity index (χ1) is 9.56. The zero-order valence-electron chi connectivity index (χ0n) is 13.1. The highest BCUT2D eigenvalue weighted by molar-refractivity contribution is 5.80. The molecule has 0 saturated carbocycles. The summed E-state index contributed by atoms with van der Waals surface area (Å²) in [5, 5.41) is 11.6. The smallest absolute Gasteiger partial charge is 0.408 e. The van der Waals surface area contributed by atoms with Gasteiger partial charge in [0.2, 0.25) is 0 Å². The molecule has 1 aromatic rings. The van der Waals surface area contributed by atoms with Gasteiger partial charge in [-0.15, -0.1) is 0 Å². The first-order valence-corrected chi connectivity index (χ1v) is 6.73. The van der Waals surface area contributed by atoms with E-state index in [0.29, 0.717) is 0 Å². The van der Waals surface area contributed by atoms with E-state index in [2.05, 4.69) is 10.3 Å². The lowest BCUT2D eigenvalue weighted by atomic mass is 10.1. The van der Waals surface area contributed by atoms with Crippen LogP contribution in [0.3, 0.4) is 0 Å². The Bertz CT molecular complexity index is 515. The molecule has 1 aromatic heterocycles. The third-order valence-electron chi connectivity index (χ3n) is 2.57. The van der Waals surface area contributed by atoms with Crippen LogP contribution in [0.25, 0.3) is 0 Å². The second kappa shape index (κ2) is 6.56. The maximum absolute atomic E-state index is 11.7. The SMILES string of the molecule is Cc1cc(C[C@H](NC(=O)OC(C)(C)C)C(=O)O)cc(C)n1. The molecular weight excluding hydrogens is 272 g/mol. The number of aryl methyl sites for hydroxylation is 2. The lowest BCUT2D eigenvalue weighted by Gasteiger charge is -2.22. The van der Waals surface area contributed by atoms with Crippen LogP contribution < -0.4 is 5.32 Å². The van der Waals surface area contributed by atoms with Gasteiger partial charge in [0.05, 0.1) is 0 Å². The van der Waals surface area contributed by atoms with E-state index in [0.717, 1.165) is 17.0 Å². The van der Waals surface area contributed by atoms with Crippen LogP contribution >= 0.6 is 0 Å². The number of pyridine rings is 1. The van der Waals surface area contributed by atoms with Gasteiger partial charge < -0.3 is 15.2 Å². The highest BCUT2D eigenvalue weighted by atomic mass is 16.6. The largest absolute Gasteiger partial charge is 0.480 e. The van der Waals surface area contributed by atoms with E-state index in [4.69, 9.17) is 4.74 Å². The maximum Gasteiger partial charge on any atom is 0.408 e. The molecule has 1 heterocycles. The van der Waals surface area contributed by atoms with Crippen molar-refractivity contribution in [1.29, 1.82) is 0 Å². The maximum atomic E-state index is 11.7. The molecule has 6 nitrogen and oxygen atoms in total. The molecule has 1 rings (SSSR count). The van der Waals surface area contributed by atoms with Crippen molar-refractivity contribution in [2.24, 2.45) is 0 Å². The van der Waals surface area contributed by atoms with Crippen molar-refractivity contribution >= 4 is 12.1 Å². The Kier molecular flexibility index (Phi) is 5.29. The molecule has 0 unspecified atom stereocenters. The Morgan fingerprint density at radius 1 is 1.29 bits per heavy atom. The Hall–Kier alpha value is -2.11. The number of amides is 1. The fraction of sp³-hybridized carbons (Fsp3) is 0.533. The molecule has 1 amide bonds. The molecule has 2 N–H and O–H groups in total. The molecule has 0 aromatic carbocycles. The van der Waals surface area contributed by atoms with Gasteiger partial charge in [0.25, 0.3) is 0 Å². The van der Waals surface area contributed by atoms with E-state index < -0.39 is 23.7 Å². The normalized spacial score (nSPS) is 12.6. The van der Waals surface area contributed by atoms with Crippen molar-refractivity contribution in [3.8, 4) is 0 Å². The van der Waals surface area contributed by atoms with Crippen LogP contribution in [0.1, 0.15) is 37.7 Å². The Morgan fingerprint density at radius 3 is 2.24 bits per heavy atom. The number of rotatable bonds is 4. The number of alkyl carbamates (subject to hydrolysis) is 1. The van der Waals surface area contributed by atoms with Gasteiger partial charge in [-0.2, -0.15) is 0 Å². The zero-order chi connectivity index (χ0) is 16.2. The van der Waals surface area contributed by atoms with Gasteiger partial charge in [-0.3, -0.25) is 4.98 Å². The summed E-state index contributed by atoms with van der Waals surface area (Å²) in [5.41, 5.74) is 1.76. The quantitative estimate of drug-likeness (QED) is 0.889. The minimum atomic E-state index is -1.10.